The van der Waals surface area contributed by atoms with Gasteiger partial charge in [0.2, 0.25) is 5.91 Å². The molecule has 0 bridgehead atoms. The van der Waals surface area contributed by atoms with Crippen molar-refractivity contribution in [3.05, 3.63) is 23.8 Å². The summed E-state index contributed by atoms with van der Waals surface area (Å²) in [7, 11) is 0. The summed E-state index contributed by atoms with van der Waals surface area (Å²) < 4.78 is 0. The Bertz CT molecular complexity index is 516. The second kappa shape index (κ2) is 6.27. The van der Waals surface area contributed by atoms with Crippen molar-refractivity contribution in [2.75, 3.05) is 30.7 Å². The van der Waals surface area contributed by atoms with E-state index in [4.69, 9.17) is 5.73 Å². The summed E-state index contributed by atoms with van der Waals surface area (Å²) in [6.45, 7) is 3.89. The molecular formula is C14H20N4O2. The number of anilines is 2. The van der Waals surface area contributed by atoms with Gasteiger partial charge in [-0.15, -0.1) is 0 Å². The molecule has 0 aliphatic carbocycles. The third kappa shape index (κ3) is 3.40. The fourth-order valence-corrected chi connectivity index (χ4v) is 2.16. The molecule has 1 aromatic carbocycles. The van der Waals surface area contributed by atoms with E-state index in [0.717, 1.165) is 17.8 Å². The van der Waals surface area contributed by atoms with Crippen LogP contribution in [0.25, 0.3) is 0 Å². The van der Waals surface area contributed by atoms with Gasteiger partial charge < -0.3 is 21.3 Å². The Morgan fingerprint density at radius 2 is 2.30 bits per heavy atom. The lowest BCUT2D eigenvalue weighted by atomic mass is 10.1. The predicted octanol–water partition coefficient (Wildman–Crippen LogP) is 1.32. The summed E-state index contributed by atoms with van der Waals surface area (Å²) >= 11 is 0. The third-order valence-electron chi connectivity index (χ3n) is 3.43. The van der Waals surface area contributed by atoms with Crippen LogP contribution in [0.3, 0.4) is 0 Å². The molecule has 0 spiro atoms. The van der Waals surface area contributed by atoms with Crippen LogP contribution in [0.2, 0.25) is 0 Å². The first-order chi connectivity index (χ1) is 9.58. The lowest BCUT2D eigenvalue weighted by Gasteiger charge is -2.14. The number of hydrogen-bond acceptors (Lipinski definition) is 3. The Morgan fingerprint density at radius 1 is 1.50 bits per heavy atom. The molecular weight excluding hydrogens is 256 g/mol. The number of nitrogens with one attached hydrogen (secondary N) is 2. The molecule has 0 saturated carbocycles. The predicted molar refractivity (Wildman–Crippen MR) is 78.4 cm³/mol. The highest BCUT2D eigenvalue weighted by atomic mass is 16.2. The standard InChI is InChI=1S/C14H20N4O2/c1-10-11(15)4-2-5-12(10)17-13(19)6-3-8-18-9-7-16-14(18)20/h2,4-5H,3,6-9,15H2,1H3,(H,16,20)(H,17,19). The number of urea groups is 1. The molecule has 0 radical (unpaired) electrons. The van der Waals surface area contributed by atoms with Crippen molar-refractivity contribution in [3.8, 4) is 0 Å². The monoisotopic (exact) mass is 276 g/mol. The molecule has 1 fully saturated rings. The Kier molecular flexibility index (Phi) is 4.45. The first-order valence-corrected chi connectivity index (χ1v) is 6.75. The quantitative estimate of drug-likeness (QED) is 0.709. The minimum absolute atomic E-state index is 0.0444. The Hall–Kier alpha value is -2.24. The van der Waals surface area contributed by atoms with Crippen LogP contribution in [0.1, 0.15) is 18.4 Å². The lowest BCUT2D eigenvalue weighted by molar-refractivity contribution is -0.116. The molecule has 2 rings (SSSR count). The van der Waals surface area contributed by atoms with Gasteiger partial charge in [0.1, 0.15) is 0 Å². The molecule has 6 nitrogen and oxygen atoms in total. The van der Waals surface area contributed by atoms with Gasteiger partial charge in [0.05, 0.1) is 0 Å². The minimum atomic E-state index is -0.0571. The van der Waals surface area contributed by atoms with E-state index in [-0.39, 0.29) is 11.9 Å². The van der Waals surface area contributed by atoms with Gasteiger partial charge >= 0.3 is 6.03 Å². The zero-order chi connectivity index (χ0) is 14.5. The number of rotatable bonds is 5. The first kappa shape index (κ1) is 14.2. The molecule has 6 heteroatoms. The largest absolute Gasteiger partial charge is 0.398 e. The average molecular weight is 276 g/mol. The van der Waals surface area contributed by atoms with Gasteiger partial charge in [-0.05, 0) is 31.0 Å². The Morgan fingerprint density at radius 3 is 3.00 bits per heavy atom. The Labute approximate surface area is 118 Å². The minimum Gasteiger partial charge on any atom is -0.398 e. The van der Waals surface area contributed by atoms with Gasteiger partial charge in [0, 0.05) is 37.4 Å². The van der Waals surface area contributed by atoms with Gasteiger partial charge in [-0.25, -0.2) is 4.79 Å². The SMILES string of the molecule is Cc1c(N)cccc1NC(=O)CCCN1CCNC1=O. The highest BCUT2D eigenvalue weighted by Gasteiger charge is 2.18. The summed E-state index contributed by atoms with van der Waals surface area (Å²) in [6, 6.07) is 5.40. The molecule has 1 aliphatic heterocycles. The van der Waals surface area contributed by atoms with Crippen LogP contribution in [0.15, 0.2) is 18.2 Å². The number of nitrogen functional groups attached to an aromatic ring is 1. The molecule has 0 unspecified atom stereocenters. The van der Waals surface area contributed by atoms with Gasteiger partial charge in [-0.1, -0.05) is 6.07 Å². The fraction of sp³-hybridized carbons (Fsp3) is 0.429. The number of nitrogens with zero attached hydrogens (tertiary/aromatic N) is 1. The van der Waals surface area contributed by atoms with E-state index in [9.17, 15) is 9.59 Å². The van der Waals surface area contributed by atoms with E-state index < -0.39 is 0 Å². The number of hydrogen-bond donors (Lipinski definition) is 3. The number of carbonyl (C=O) groups is 2. The Balaban J connectivity index is 1.78. The number of carbonyl (C=O) groups excluding carboxylic acids is 2. The summed E-state index contributed by atoms with van der Waals surface area (Å²) in [4.78, 5) is 24.9. The maximum atomic E-state index is 11.9. The van der Waals surface area contributed by atoms with Crippen LogP contribution in [-0.4, -0.2) is 36.5 Å². The molecule has 1 saturated heterocycles. The smallest absolute Gasteiger partial charge is 0.317 e. The van der Waals surface area contributed by atoms with Gasteiger partial charge in [0.15, 0.2) is 0 Å². The lowest BCUT2D eigenvalue weighted by Crippen LogP contribution is -2.29. The number of benzene rings is 1. The molecule has 108 valence electrons. The van der Waals surface area contributed by atoms with E-state index in [1.54, 1.807) is 11.0 Å². The molecule has 20 heavy (non-hydrogen) atoms. The van der Waals surface area contributed by atoms with Crippen molar-refractivity contribution in [2.45, 2.75) is 19.8 Å². The van der Waals surface area contributed by atoms with E-state index in [2.05, 4.69) is 10.6 Å². The second-order valence-corrected chi connectivity index (χ2v) is 4.89. The van der Waals surface area contributed by atoms with Crippen LogP contribution in [0, 0.1) is 6.92 Å². The zero-order valence-corrected chi connectivity index (χ0v) is 11.6. The molecule has 3 amide bonds. The summed E-state index contributed by atoms with van der Waals surface area (Å²) in [5, 5.41) is 5.58. The molecule has 1 heterocycles. The first-order valence-electron chi connectivity index (χ1n) is 6.75. The summed E-state index contributed by atoms with van der Waals surface area (Å²) in [6.07, 6.45) is 1.04. The van der Waals surface area contributed by atoms with Crippen molar-refractivity contribution in [1.29, 1.82) is 0 Å². The van der Waals surface area contributed by atoms with E-state index in [1.807, 2.05) is 19.1 Å². The summed E-state index contributed by atoms with van der Waals surface area (Å²) in [5.41, 5.74) is 8.07. The van der Waals surface area contributed by atoms with Crippen LogP contribution < -0.4 is 16.4 Å². The van der Waals surface area contributed by atoms with E-state index >= 15 is 0 Å². The van der Waals surface area contributed by atoms with Crippen molar-refractivity contribution in [1.82, 2.24) is 10.2 Å². The van der Waals surface area contributed by atoms with Crippen LogP contribution in [-0.2, 0) is 4.79 Å². The van der Waals surface area contributed by atoms with Crippen molar-refractivity contribution in [2.24, 2.45) is 0 Å². The molecule has 0 atom stereocenters. The van der Waals surface area contributed by atoms with Crippen molar-refractivity contribution in [3.63, 3.8) is 0 Å². The maximum absolute atomic E-state index is 11.9. The maximum Gasteiger partial charge on any atom is 0.317 e. The van der Waals surface area contributed by atoms with Crippen LogP contribution in [0.5, 0.6) is 0 Å². The van der Waals surface area contributed by atoms with E-state index in [1.165, 1.54) is 0 Å². The molecule has 4 N–H and O–H groups in total. The fourth-order valence-electron chi connectivity index (χ4n) is 2.16. The normalized spacial score (nSPS) is 14.2. The molecule has 1 aliphatic rings. The van der Waals surface area contributed by atoms with Gasteiger partial charge in [-0.3, -0.25) is 4.79 Å². The topological polar surface area (TPSA) is 87.5 Å². The highest BCUT2D eigenvalue weighted by Crippen LogP contribution is 2.20. The number of amides is 3. The van der Waals surface area contributed by atoms with Crippen LogP contribution in [0.4, 0.5) is 16.2 Å². The summed E-state index contributed by atoms with van der Waals surface area (Å²) in [5.74, 6) is -0.0571. The molecule has 0 aromatic heterocycles. The highest BCUT2D eigenvalue weighted by molar-refractivity contribution is 5.92. The molecule has 1 aromatic rings. The van der Waals surface area contributed by atoms with Crippen molar-refractivity contribution >= 4 is 23.3 Å². The van der Waals surface area contributed by atoms with Gasteiger partial charge in [0.25, 0.3) is 0 Å². The second-order valence-electron chi connectivity index (χ2n) is 4.89. The zero-order valence-electron chi connectivity index (χ0n) is 11.6. The van der Waals surface area contributed by atoms with Crippen molar-refractivity contribution < 1.29 is 9.59 Å². The average Bonchev–Trinajstić information content (AvgIpc) is 2.81. The third-order valence-corrected chi connectivity index (χ3v) is 3.43. The van der Waals surface area contributed by atoms with E-state index in [0.29, 0.717) is 31.6 Å². The number of nitrogens with two attached hydrogens (primary N) is 1. The van der Waals surface area contributed by atoms with Gasteiger partial charge in [-0.2, -0.15) is 0 Å². The van der Waals surface area contributed by atoms with Crippen LogP contribution >= 0.6 is 0 Å².